The Labute approximate surface area is 207 Å². The Bertz CT molecular complexity index is 1520. The number of fused-ring (bicyclic) bond motifs is 1. The van der Waals surface area contributed by atoms with Gasteiger partial charge in [-0.15, -0.1) is 6.58 Å². The lowest BCUT2D eigenvalue weighted by molar-refractivity contribution is 0.0697. The largest absolute Gasteiger partial charge is 0.478 e. The van der Waals surface area contributed by atoms with Gasteiger partial charge in [0.25, 0.3) is 5.56 Å². The highest BCUT2D eigenvalue weighted by Gasteiger charge is 2.18. The molecule has 0 atom stereocenters. The number of allylic oxidation sites excluding steroid dienone is 1. The second kappa shape index (κ2) is 9.67. The number of benzene rings is 2. The molecule has 0 saturated carbocycles. The van der Waals surface area contributed by atoms with Crippen LogP contribution in [-0.4, -0.2) is 56.7 Å². The van der Waals surface area contributed by atoms with Crippen molar-refractivity contribution in [2.75, 3.05) is 36.5 Å². The van der Waals surface area contributed by atoms with Crippen LogP contribution in [0, 0.1) is 6.92 Å². The van der Waals surface area contributed by atoms with Gasteiger partial charge in [-0.05, 0) is 48.9 Å². The van der Waals surface area contributed by atoms with E-state index in [9.17, 15) is 14.7 Å². The van der Waals surface area contributed by atoms with Gasteiger partial charge in [0.1, 0.15) is 5.39 Å². The van der Waals surface area contributed by atoms with Crippen LogP contribution in [0.5, 0.6) is 0 Å². The summed E-state index contributed by atoms with van der Waals surface area (Å²) in [7, 11) is 0. The van der Waals surface area contributed by atoms with E-state index in [1.807, 2.05) is 12.1 Å². The number of nitrogens with zero attached hydrogens (tertiary/aromatic N) is 5. The third kappa shape index (κ3) is 4.34. The average Bonchev–Trinajstić information content (AvgIpc) is 3.15. The van der Waals surface area contributed by atoms with E-state index in [0.29, 0.717) is 22.7 Å². The lowest BCUT2D eigenvalue weighted by atomic mass is 10.1. The fraction of sp³-hybridized carbons (Fsp3) is 0.231. The first-order chi connectivity index (χ1) is 17.5. The van der Waals surface area contributed by atoms with Gasteiger partial charge in [0.2, 0.25) is 5.95 Å². The maximum atomic E-state index is 13.1. The van der Waals surface area contributed by atoms with Crippen molar-refractivity contribution in [2.24, 2.45) is 0 Å². The Kier molecular flexibility index (Phi) is 6.26. The highest BCUT2D eigenvalue weighted by Crippen LogP contribution is 2.26. The third-order valence-electron chi connectivity index (χ3n) is 6.12. The Morgan fingerprint density at radius 2 is 2.03 bits per heavy atom. The van der Waals surface area contributed by atoms with Gasteiger partial charge < -0.3 is 20.1 Å². The molecule has 2 aromatic carbocycles. The number of nitrogens with one attached hydrogen (secondary N) is 1. The van der Waals surface area contributed by atoms with Crippen LogP contribution in [0.4, 0.5) is 17.3 Å². The predicted molar refractivity (Wildman–Crippen MR) is 138 cm³/mol. The van der Waals surface area contributed by atoms with Gasteiger partial charge in [-0.1, -0.05) is 12.1 Å². The molecule has 36 heavy (non-hydrogen) atoms. The van der Waals surface area contributed by atoms with Crippen LogP contribution in [0.2, 0.25) is 0 Å². The van der Waals surface area contributed by atoms with Crippen LogP contribution in [0.15, 0.2) is 66.1 Å². The first-order valence-corrected chi connectivity index (χ1v) is 11.6. The van der Waals surface area contributed by atoms with Crippen molar-refractivity contribution in [1.29, 1.82) is 0 Å². The van der Waals surface area contributed by atoms with Crippen molar-refractivity contribution >= 4 is 34.3 Å². The number of hydrogen-bond donors (Lipinski definition) is 2. The van der Waals surface area contributed by atoms with Crippen LogP contribution in [-0.2, 0) is 11.3 Å². The number of carboxylic acid groups (broad SMARTS) is 1. The quantitative estimate of drug-likeness (QED) is 0.382. The number of carbonyl (C=O) groups is 1. The van der Waals surface area contributed by atoms with Crippen molar-refractivity contribution in [3.8, 4) is 5.69 Å². The summed E-state index contributed by atoms with van der Waals surface area (Å²) in [6, 6.07) is 12.4. The number of aryl methyl sites for hydroxylation is 1. The highest BCUT2D eigenvalue weighted by molar-refractivity contribution is 5.88. The average molecular weight is 487 g/mol. The number of anilines is 3. The normalized spacial score (nSPS) is 13.6. The van der Waals surface area contributed by atoms with E-state index in [1.54, 1.807) is 22.9 Å². The predicted octanol–water partition coefficient (Wildman–Crippen LogP) is 3.36. The number of carboxylic acids is 1. The summed E-state index contributed by atoms with van der Waals surface area (Å²) < 4.78 is 8.51. The van der Waals surface area contributed by atoms with E-state index < -0.39 is 5.97 Å². The van der Waals surface area contributed by atoms with E-state index in [-0.39, 0.29) is 17.7 Å². The maximum absolute atomic E-state index is 13.1. The summed E-state index contributed by atoms with van der Waals surface area (Å²) >= 11 is 0. The Morgan fingerprint density at radius 3 is 2.75 bits per heavy atom. The molecule has 1 aliphatic heterocycles. The van der Waals surface area contributed by atoms with Gasteiger partial charge in [-0.2, -0.15) is 4.98 Å². The minimum atomic E-state index is -1.06. The van der Waals surface area contributed by atoms with Crippen molar-refractivity contribution in [3.05, 3.63) is 82.8 Å². The molecule has 1 saturated heterocycles. The van der Waals surface area contributed by atoms with Gasteiger partial charge in [0, 0.05) is 30.7 Å². The molecule has 3 heterocycles. The number of ether oxygens (including phenoxy) is 1. The lowest BCUT2D eigenvalue weighted by Crippen LogP contribution is -2.36. The zero-order chi connectivity index (χ0) is 25.2. The number of rotatable bonds is 7. The van der Waals surface area contributed by atoms with Crippen LogP contribution >= 0.6 is 0 Å². The minimum absolute atomic E-state index is 0.107. The Hall–Kier alpha value is -4.44. The van der Waals surface area contributed by atoms with E-state index >= 15 is 0 Å². The molecule has 0 amide bonds. The molecule has 10 nitrogen and oxygen atoms in total. The topological polar surface area (TPSA) is 115 Å². The fourth-order valence-electron chi connectivity index (χ4n) is 4.43. The van der Waals surface area contributed by atoms with Gasteiger partial charge >= 0.3 is 5.97 Å². The van der Waals surface area contributed by atoms with Crippen molar-refractivity contribution in [2.45, 2.75) is 13.5 Å². The number of aromatic carboxylic acids is 1. The van der Waals surface area contributed by atoms with Gasteiger partial charge in [-0.3, -0.25) is 4.79 Å². The summed E-state index contributed by atoms with van der Waals surface area (Å²) in [6.07, 6.45) is 3.09. The van der Waals surface area contributed by atoms with Crippen molar-refractivity contribution in [1.82, 2.24) is 19.3 Å². The standard InChI is InChI=1S/C26H26N6O4/c1-3-9-31-24(33)21-16-27-26(29-23(21)32(31)20-6-4-5-18(15-20)25(34)35)28-19-7-8-22(17(2)14-19)30-10-12-36-13-11-30/h3-8,14-16H,1,9-13H2,2H3,(H,34,35)(H,27,28,29). The first kappa shape index (κ1) is 23.3. The van der Waals surface area contributed by atoms with Crippen molar-refractivity contribution < 1.29 is 14.6 Å². The molecule has 0 unspecified atom stereocenters. The van der Waals surface area contributed by atoms with Crippen LogP contribution in [0.1, 0.15) is 15.9 Å². The van der Waals surface area contributed by atoms with Gasteiger partial charge in [0.15, 0.2) is 5.65 Å². The van der Waals surface area contributed by atoms with E-state index in [2.05, 4.69) is 39.8 Å². The van der Waals surface area contributed by atoms with E-state index in [4.69, 9.17) is 4.74 Å². The SMILES string of the molecule is C=CCn1c(=O)c2cnc(Nc3ccc(N4CCOCC4)c(C)c3)nc2n1-c1cccc(C(=O)O)c1. The number of aromatic nitrogens is 4. The molecule has 1 aliphatic rings. The molecule has 0 aliphatic carbocycles. The molecule has 2 N–H and O–H groups in total. The van der Waals surface area contributed by atoms with Gasteiger partial charge in [-0.25, -0.2) is 19.1 Å². The molecular formula is C26H26N6O4. The lowest BCUT2D eigenvalue weighted by Gasteiger charge is -2.30. The molecule has 0 radical (unpaired) electrons. The Balaban J connectivity index is 1.54. The summed E-state index contributed by atoms with van der Waals surface area (Å²) in [4.78, 5) is 35.9. The molecule has 184 valence electrons. The zero-order valence-electron chi connectivity index (χ0n) is 19.8. The zero-order valence-corrected chi connectivity index (χ0v) is 19.8. The molecule has 0 spiro atoms. The monoisotopic (exact) mass is 486 g/mol. The minimum Gasteiger partial charge on any atom is -0.478 e. The van der Waals surface area contributed by atoms with E-state index in [0.717, 1.165) is 43.2 Å². The summed E-state index contributed by atoms with van der Waals surface area (Å²) in [5, 5.41) is 13.0. The second-order valence-corrected chi connectivity index (χ2v) is 8.50. The fourth-order valence-corrected chi connectivity index (χ4v) is 4.43. The summed E-state index contributed by atoms with van der Waals surface area (Å²) in [5.74, 6) is -0.737. The van der Waals surface area contributed by atoms with Gasteiger partial charge in [0.05, 0.1) is 31.0 Å². The smallest absolute Gasteiger partial charge is 0.335 e. The maximum Gasteiger partial charge on any atom is 0.335 e. The summed E-state index contributed by atoms with van der Waals surface area (Å²) in [6.45, 7) is 9.17. The second-order valence-electron chi connectivity index (χ2n) is 8.50. The van der Waals surface area contributed by atoms with Crippen LogP contribution in [0.25, 0.3) is 16.7 Å². The molecular weight excluding hydrogens is 460 g/mol. The number of hydrogen-bond acceptors (Lipinski definition) is 7. The molecule has 10 heteroatoms. The molecule has 2 aromatic heterocycles. The number of morpholine rings is 1. The van der Waals surface area contributed by atoms with Crippen molar-refractivity contribution in [3.63, 3.8) is 0 Å². The Morgan fingerprint density at radius 1 is 1.22 bits per heavy atom. The molecule has 1 fully saturated rings. The van der Waals surface area contributed by atoms with Crippen LogP contribution < -0.4 is 15.8 Å². The molecule has 4 aromatic rings. The van der Waals surface area contributed by atoms with E-state index in [1.165, 1.54) is 23.0 Å². The van der Waals surface area contributed by atoms with Crippen LogP contribution in [0.3, 0.4) is 0 Å². The first-order valence-electron chi connectivity index (χ1n) is 11.6. The third-order valence-corrected chi connectivity index (χ3v) is 6.12. The molecule has 0 bridgehead atoms. The highest BCUT2D eigenvalue weighted by atomic mass is 16.5. The molecule has 5 rings (SSSR count). The summed E-state index contributed by atoms with van der Waals surface area (Å²) in [5.41, 5.74) is 3.77.